The van der Waals surface area contributed by atoms with E-state index in [1.165, 1.54) is 11.3 Å². The molecule has 1 aliphatic rings. The number of rotatable bonds is 5. The van der Waals surface area contributed by atoms with E-state index in [2.05, 4.69) is 32.5 Å². The molecule has 23 heavy (non-hydrogen) atoms. The van der Waals surface area contributed by atoms with Gasteiger partial charge >= 0.3 is 6.03 Å². The van der Waals surface area contributed by atoms with Crippen LogP contribution in [0, 0.1) is 0 Å². The van der Waals surface area contributed by atoms with E-state index in [1.807, 2.05) is 6.07 Å². The third-order valence-corrected chi connectivity index (χ3v) is 4.58. The average Bonchev–Trinajstić information content (AvgIpc) is 3.21. The average molecular weight is 336 g/mol. The molecule has 0 atom stereocenters. The standard InChI is InChI=1S/C14H20N6O2S/c1-2-3-12-16-17-13(23-12)15-14(21)20-7-5-19(6-8-20)10-11-4-9-22-18-11/h4,9H,2-3,5-8,10H2,1H3,(H,15,17,21). The fourth-order valence-corrected chi connectivity index (χ4v) is 3.28. The van der Waals surface area contributed by atoms with Gasteiger partial charge < -0.3 is 9.42 Å². The quantitative estimate of drug-likeness (QED) is 0.896. The van der Waals surface area contributed by atoms with Crippen molar-refractivity contribution in [3.8, 4) is 0 Å². The number of nitrogens with zero attached hydrogens (tertiary/aromatic N) is 5. The Hall–Kier alpha value is -2.00. The predicted octanol–water partition coefficient (Wildman–Crippen LogP) is 1.83. The number of aromatic nitrogens is 3. The highest BCUT2D eigenvalue weighted by atomic mass is 32.1. The second kappa shape index (κ2) is 7.51. The van der Waals surface area contributed by atoms with E-state index >= 15 is 0 Å². The Bertz CT molecular complexity index is 621. The summed E-state index contributed by atoms with van der Waals surface area (Å²) < 4.78 is 4.84. The van der Waals surface area contributed by atoms with Gasteiger partial charge in [-0.1, -0.05) is 23.4 Å². The highest BCUT2D eigenvalue weighted by molar-refractivity contribution is 7.15. The molecule has 1 saturated heterocycles. The van der Waals surface area contributed by atoms with Crippen molar-refractivity contribution in [2.75, 3.05) is 31.5 Å². The lowest BCUT2D eigenvalue weighted by Crippen LogP contribution is -2.49. The van der Waals surface area contributed by atoms with E-state index in [0.717, 1.165) is 43.2 Å². The van der Waals surface area contributed by atoms with Crippen LogP contribution in [0.25, 0.3) is 0 Å². The summed E-state index contributed by atoms with van der Waals surface area (Å²) in [4.78, 5) is 16.3. The van der Waals surface area contributed by atoms with Crippen LogP contribution in [0.15, 0.2) is 16.9 Å². The maximum Gasteiger partial charge on any atom is 0.323 e. The van der Waals surface area contributed by atoms with E-state index in [1.54, 1.807) is 11.2 Å². The number of anilines is 1. The van der Waals surface area contributed by atoms with Crippen molar-refractivity contribution in [3.63, 3.8) is 0 Å². The Morgan fingerprint density at radius 2 is 2.17 bits per heavy atom. The molecule has 0 unspecified atom stereocenters. The van der Waals surface area contributed by atoms with Gasteiger partial charge in [0.2, 0.25) is 5.13 Å². The largest absolute Gasteiger partial charge is 0.364 e. The summed E-state index contributed by atoms with van der Waals surface area (Å²) in [5.41, 5.74) is 0.917. The molecule has 2 aromatic rings. The maximum absolute atomic E-state index is 12.3. The first-order chi connectivity index (χ1) is 11.2. The Labute approximate surface area is 138 Å². The Morgan fingerprint density at radius 3 is 2.87 bits per heavy atom. The summed E-state index contributed by atoms with van der Waals surface area (Å²) in [7, 11) is 0. The maximum atomic E-state index is 12.3. The molecule has 1 aliphatic heterocycles. The molecule has 1 N–H and O–H groups in total. The smallest absolute Gasteiger partial charge is 0.323 e. The molecule has 0 spiro atoms. The number of aryl methyl sites for hydroxylation is 1. The van der Waals surface area contributed by atoms with Gasteiger partial charge in [0, 0.05) is 45.2 Å². The minimum Gasteiger partial charge on any atom is -0.364 e. The highest BCUT2D eigenvalue weighted by Gasteiger charge is 2.22. The normalized spacial score (nSPS) is 15.8. The summed E-state index contributed by atoms with van der Waals surface area (Å²) in [6, 6.07) is 1.76. The summed E-state index contributed by atoms with van der Waals surface area (Å²) in [6.45, 7) is 5.85. The molecule has 2 aromatic heterocycles. The van der Waals surface area contributed by atoms with Crippen LogP contribution in [0.3, 0.4) is 0 Å². The number of hydrogen-bond donors (Lipinski definition) is 1. The first kappa shape index (κ1) is 15.9. The van der Waals surface area contributed by atoms with Gasteiger partial charge in [0.05, 0.1) is 5.69 Å². The molecule has 0 bridgehead atoms. The summed E-state index contributed by atoms with van der Waals surface area (Å²) >= 11 is 1.44. The molecule has 0 saturated carbocycles. The van der Waals surface area contributed by atoms with Crippen LogP contribution < -0.4 is 5.32 Å². The van der Waals surface area contributed by atoms with Crippen LogP contribution in [-0.4, -0.2) is 57.4 Å². The minimum atomic E-state index is -0.106. The molecule has 3 heterocycles. The zero-order chi connectivity index (χ0) is 16.1. The van der Waals surface area contributed by atoms with Crippen LogP contribution in [-0.2, 0) is 13.0 Å². The molecule has 3 rings (SSSR count). The SMILES string of the molecule is CCCc1nnc(NC(=O)N2CCN(Cc3ccon3)CC2)s1. The van der Waals surface area contributed by atoms with Crippen LogP contribution in [0.2, 0.25) is 0 Å². The van der Waals surface area contributed by atoms with Gasteiger partial charge in [-0.3, -0.25) is 10.2 Å². The first-order valence-electron chi connectivity index (χ1n) is 7.74. The van der Waals surface area contributed by atoms with Gasteiger partial charge in [-0.05, 0) is 6.42 Å². The fraction of sp³-hybridized carbons (Fsp3) is 0.571. The van der Waals surface area contributed by atoms with E-state index < -0.39 is 0 Å². The Kier molecular flexibility index (Phi) is 5.19. The topological polar surface area (TPSA) is 87.4 Å². The van der Waals surface area contributed by atoms with Gasteiger partial charge in [0.15, 0.2) is 0 Å². The van der Waals surface area contributed by atoms with Crippen molar-refractivity contribution in [1.82, 2.24) is 25.2 Å². The van der Waals surface area contributed by atoms with Crippen molar-refractivity contribution in [1.29, 1.82) is 0 Å². The van der Waals surface area contributed by atoms with Gasteiger partial charge in [-0.25, -0.2) is 4.79 Å². The van der Waals surface area contributed by atoms with Crippen LogP contribution in [0.5, 0.6) is 0 Å². The Balaban J connectivity index is 1.45. The zero-order valence-electron chi connectivity index (χ0n) is 13.1. The molecule has 2 amide bonds. The monoisotopic (exact) mass is 336 g/mol. The first-order valence-corrected chi connectivity index (χ1v) is 8.56. The molecule has 8 nitrogen and oxygen atoms in total. The minimum absolute atomic E-state index is 0.106. The van der Waals surface area contributed by atoms with Gasteiger partial charge in [0.25, 0.3) is 0 Å². The molecular weight excluding hydrogens is 316 g/mol. The number of piperazine rings is 1. The van der Waals surface area contributed by atoms with Gasteiger partial charge in [-0.2, -0.15) is 0 Å². The molecule has 0 aromatic carbocycles. The summed E-state index contributed by atoms with van der Waals surface area (Å²) in [6.07, 6.45) is 3.50. The summed E-state index contributed by atoms with van der Waals surface area (Å²) in [5.74, 6) is 0. The number of hydrogen-bond acceptors (Lipinski definition) is 7. The van der Waals surface area contributed by atoms with Crippen LogP contribution >= 0.6 is 11.3 Å². The Morgan fingerprint density at radius 1 is 1.35 bits per heavy atom. The van der Waals surface area contributed by atoms with Crippen LogP contribution in [0.1, 0.15) is 24.0 Å². The number of carbonyl (C=O) groups is 1. The van der Waals surface area contributed by atoms with Crippen LogP contribution in [0.4, 0.5) is 9.93 Å². The third kappa shape index (κ3) is 4.26. The zero-order valence-corrected chi connectivity index (χ0v) is 13.9. The number of nitrogens with one attached hydrogen (secondary N) is 1. The van der Waals surface area contributed by atoms with Gasteiger partial charge in [0.1, 0.15) is 11.3 Å². The van der Waals surface area contributed by atoms with Crippen molar-refractivity contribution < 1.29 is 9.32 Å². The summed E-state index contributed by atoms with van der Waals surface area (Å²) in [5, 5.41) is 16.4. The molecule has 9 heteroatoms. The molecule has 0 aliphatic carbocycles. The van der Waals surface area contributed by atoms with E-state index in [9.17, 15) is 4.79 Å². The molecular formula is C14H20N6O2S. The second-order valence-corrected chi connectivity index (χ2v) is 6.50. The van der Waals surface area contributed by atoms with E-state index in [0.29, 0.717) is 18.2 Å². The third-order valence-electron chi connectivity index (χ3n) is 3.68. The number of amides is 2. The number of carbonyl (C=O) groups excluding carboxylic acids is 1. The molecule has 1 fully saturated rings. The molecule has 124 valence electrons. The van der Waals surface area contributed by atoms with Crippen molar-refractivity contribution in [2.45, 2.75) is 26.3 Å². The van der Waals surface area contributed by atoms with Crippen molar-refractivity contribution >= 4 is 22.5 Å². The lowest BCUT2D eigenvalue weighted by molar-refractivity contribution is 0.141. The fourth-order valence-electron chi connectivity index (χ4n) is 2.45. The lowest BCUT2D eigenvalue weighted by Gasteiger charge is -2.33. The van der Waals surface area contributed by atoms with Gasteiger partial charge in [-0.15, -0.1) is 10.2 Å². The van der Waals surface area contributed by atoms with E-state index in [-0.39, 0.29) is 6.03 Å². The highest BCUT2D eigenvalue weighted by Crippen LogP contribution is 2.17. The van der Waals surface area contributed by atoms with E-state index in [4.69, 9.17) is 4.52 Å². The molecule has 0 radical (unpaired) electrons. The predicted molar refractivity (Wildman–Crippen MR) is 86.3 cm³/mol. The second-order valence-electron chi connectivity index (χ2n) is 5.44. The lowest BCUT2D eigenvalue weighted by atomic mass is 10.3. The van der Waals surface area contributed by atoms with Crippen molar-refractivity contribution in [3.05, 3.63) is 23.0 Å². The van der Waals surface area contributed by atoms with Crippen molar-refractivity contribution in [2.24, 2.45) is 0 Å². The number of urea groups is 1.